The summed E-state index contributed by atoms with van der Waals surface area (Å²) in [6.45, 7) is 9.42. The lowest BCUT2D eigenvalue weighted by Crippen LogP contribution is -2.53. The lowest BCUT2D eigenvalue weighted by Gasteiger charge is -2.60. The summed E-state index contributed by atoms with van der Waals surface area (Å²) < 4.78 is 0. The molecule has 2 aromatic rings. The molecule has 9 heteroatoms. The van der Waals surface area contributed by atoms with E-state index < -0.39 is 0 Å². The molecule has 36 heavy (non-hydrogen) atoms. The van der Waals surface area contributed by atoms with Gasteiger partial charge in [-0.15, -0.1) is 0 Å². The predicted molar refractivity (Wildman–Crippen MR) is 139 cm³/mol. The summed E-state index contributed by atoms with van der Waals surface area (Å²) in [5, 5.41) is 18.5. The predicted octanol–water partition coefficient (Wildman–Crippen LogP) is 4.14. The molecular formula is C27H37N7O2. The van der Waals surface area contributed by atoms with Crippen molar-refractivity contribution in [1.82, 2.24) is 20.3 Å². The number of aromatic nitrogens is 3. The van der Waals surface area contributed by atoms with Gasteiger partial charge in [0, 0.05) is 44.2 Å². The molecular weight excluding hydrogens is 454 g/mol. The van der Waals surface area contributed by atoms with Crippen LogP contribution in [-0.2, 0) is 6.42 Å². The molecule has 0 amide bonds. The smallest absolute Gasteiger partial charge is 0.269 e. The Morgan fingerprint density at radius 2 is 2.06 bits per heavy atom. The Balaban J connectivity index is 1.30. The van der Waals surface area contributed by atoms with Crippen LogP contribution in [0.25, 0.3) is 0 Å². The van der Waals surface area contributed by atoms with E-state index in [1.54, 1.807) is 12.1 Å². The first-order valence-corrected chi connectivity index (χ1v) is 13.6. The van der Waals surface area contributed by atoms with Gasteiger partial charge in [-0.25, -0.2) is 0 Å². The SMILES string of the molecule is CC1(C)[C@@H]2CCC(CNc3nc(C4CCc5ccc([N+](=O)[O-])cc54)nc(N4CCCNCC4)n3)[C@H]1C2. The van der Waals surface area contributed by atoms with Gasteiger partial charge in [0.1, 0.15) is 5.82 Å². The first-order valence-electron chi connectivity index (χ1n) is 13.6. The van der Waals surface area contributed by atoms with Gasteiger partial charge in [0.2, 0.25) is 11.9 Å². The zero-order valence-corrected chi connectivity index (χ0v) is 21.4. The van der Waals surface area contributed by atoms with Gasteiger partial charge in [-0.2, -0.15) is 15.0 Å². The molecule has 2 unspecified atom stereocenters. The fraction of sp³-hybridized carbons (Fsp3) is 0.667. The van der Waals surface area contributed by atoms with Crippen LogP contribution < -0.4 is 15.5 Å². The van der Waals surface area contributed by atoms with E-state index in [4.69, 9.17) is 15.0 Å². The van der Waals surface area contributed by atoms with Gasteiger partial charge in [0.05, 0.1) is 4.92 Å². The van der Waals surface area contributed by atoms with Crippen molar-refractivity contribution in [3.8, 4) is 0 Å². The van der Waals surface area contributed by atoms with Gasteiger partial charge in [0.25, 0.3) is 5.69 Å². The van der Waals surface area contributed by atoms with E-state index in [1.165, 1.54) is 19.3 Å². The number of nitrogens with one attached hydrogen (secondary N) is 2. The quantitative estimate of drug-likeness (QED) is 0.458. The first-order chi connectivity index (χ1) is 17.4. The van der Waals surface area contributed by atoms with E-state index in [0.717, 1.165) is 86.7 Å². The van der Waals surface area contributed by atoms with Crippen LogP contribution >= 0.6 is 0 Å². The number of nitro groups is 1. The van der Waals surface area contributed by atoms with Crippen LogP contribution in [0.1, 0.15) is 68.8 Å². The average molecular weight is 492 g/mol. The number of hydrogen-bond donors (Lipinski definition) is 2. The third-order valence-electron chi connectivity index (χ3n) is 9.52. The molecule has 1 aliphatic heterocycles. The van der Waals surface area contributed by atoms with Crippen LogP contribution in [0.4, 0.5) is 17.6 Å². The summed E-state index contributed by atoms with van der Waals surface area (Å²) in [4.78, 5) is 28.1. The van der Waals surface area contributed by atoms with Gasteiger partial charge in [0.15, 0.2) is 0 Å². The van der Waals surface area contributed by atoms with Crippen molar-refractivity contribution >= 4 is 17.6 Å². The van der Waals surface area contributed by atoms with Gasteiger partial charge >= 0.3 is 0 Å². The van der Waals surface area contributed by atoms with Crippen molar-refractivity contribution in [3.63, 3.8) is 0 Å². The maximum Gasteiger partial charge on any atom is 0.269 e. The highest BCUT2D eigenvalue weighted by atomic mass is 16.6. The molecule has 4 aliphatic carbocycles. The topological polar surface area (TPSA) is 109 Å². The molecule has 3 saturated carbocycles. The van der Waals surface area contributed by atoms with Gasteiger partial charge in [-0.3, -0.25) is 10.1 Å². The van der Waals surface area contributed by atoms with Crippen molar-refractivity contribution in [2.75, 3.05) is 42.9 Å². The summed E-state index contributed by atoms with van der Waals surface area (Å²) in [6, 6.07) is 5.22. The molecule has 2 heterocycles. The monoisotopic (exact) mass is 491 g/mol. The summed E-state index contributed by atoms with van der Waals surface area (Å²) in [5.74, 6) is 4.34. The molecule has 0 spiro atoms. The number of aryl methyl sites for hydroxylation is 1. The van der Waals surface area contributed by atoms with E-state index in [9.17, 15) is 10.1 Å². The maximum atomic E-state index is 11.4. The van der Waals surface area contributed by atoms with Crippen LogP contribution in [-0.4, -0.2) is 52.6 Å². The van der Waals surface area contributed by atoms with Crippen molar-refractivity contribution in [2.24, 2.45) is 23.2 Å². The Hall–Kier alpha value is -2.81. The zero-order valence-electron chi connectivity index (χ0n) is 21.4. The highest BCUT2D eigenvalue weighted by Crippen LogP contribution is 2.61. The fourth-order valence-corrected chi connectivity index (χ4v) is 7.20. The lowest BCUT2D eigenvalue weighted by molar-refractivity contribution is -0.384. The van der Waals surface area contributed by atoms with Gasteiger partial charge < -0.3 is 15.5 Å². The minimum absolute atomic E-state index is 0.0479. The summed E-state index contributed by atoms with van der Waals surface area (Å²) in [6.07, 6.45) is 6.74. The molecule has 1 aromatic carbocycles. The van der Waals surface area contributed by atoms with Crippen molar-refractivity contribution in [3.05, 3.63) is 45.3 Å². The molecule has 192 valence electrons. The second-order valence-corrected chi connectivity index (χ2v) is 11.7. The van der Waals surface area contributed by atoms with E-state index >= 15 is 0 Å². The number of nitro benzene ring substituents is 1. The maximum absolute atomic E-state index is 11.4. The van der Waals surface area contributed by atoms with E-state index in [2.05, 4.69) is 29.4 Å². The molecule has 4 fully saturated rings. The molecule has 7 rings (SSSR count). The number of rotatable bonds is 6. The Bertz CT molecular complexity index is 1140. The number of nitrogens with zero attached hydrogens (tertiary/aromatic N) is 5. The van der Waals surface area contributed by atoms with Crippen molar-refractivity contribution < 1.29 is 4.92 Å². The Morgan fingerprint density at radius 3 is 2.86 bits per heavy atom. The molecule has 5 aliphatic rings. The second-order valence-electron chi connectivity index (χ2n) is 11.7. The van der Waals surface area contributed by atoms with Gasteiger partial charge in [-0.05, 0) is 79.4 Å². The standard InChI is InChI=1S/C27H37N7O2/c1-27(2)19-7-4-18(23(27)14-19)16-29-25-30-24(31-26(32-25)33-12-3-10-28-11-13-33)21-9-6-17-5-8-20(34(35)36)15-22(17)21/h5,8,15,18-19,21,23,28H,3-4,6-7,9-14,16H2,1-2H3,(H,29,30,31,32)/t18?,19-,21?,23-/m1/s1. The molecule has 2 bridgehead atoms. The average Bonchev–Trinajstić information content (AvgIpc) is 3.11. The number of fused-ring (bicyclic) bond motifs is 3. The third-order valence-corrected chi connectivity index (χ3v) is 9.52. The summed E-state index contributed by atoms with van der Waals surface area (Å²) in [5.41, 5.74) is 2.72. The summed E-state index contributed by atoms with van der Waals surface area (Å²) in [7, 11) is 0. The third kappa shape index (κ3) is 4.21. The number of non-ortho nitro benzene ring substituents is 1. The molecule has 4 atom stereocenters. The Kier molecular flexibility index (Phi) is 6.06. The number of hydrogen-bond acceptors (Lipinski definition) is 8. The van der Waals surface area contributed by atoms with Crippen molar-refractivity contribution in [2.45, 2.75) is 58.3 Å². The minimum Gasteiger partial charge on any atom is -0.354 e. The molecule has 1 saturated heterocycles. The molecule has 1 aromatic heterocycles. The molecule has 0 radical (unpaired) electrons. The molecule has 9 nitrogen and oxygen atoms in total. The van der Waals surface area contributed by atoms with E-state index in [-0.39, 0.29) is 16.5 Å². The Labute approximate surface area is 212 Å². The van der Waals surface area contributed by atoms with Crippen LogP contribution in [0.5, 0.6) is 0 Å². The zero-order chi connectivity index (χ0) is 24.9. The molecule has 2 N–H and O–H groups in total. The van der Waals surface area contributed by atoms with Crippen LogP contribution in [0.3, 0.4) is 0 Å². The number of benzene rings is 1. The van der Waals surface area contributed by atoms with E-state index in [1.807, 2.05) is 6.07 Å². The van der Waals surface area contributed by atoms with Crippen LogP contribution in [0.15, 0.2) is 18.2 Å². The highest BCUT2D eigenvalue weighted by molar-refractivity contribution is 5.48. The number of anilines is 2. The van der Waals surface area contributed by atoms with Crippen LogP contribution in [0, 0.1) is 33.3 Å². The van der Waals surface area contributed by atoms with Crippen LogP contribution in [0.2, 0.25) is 0 Å². The lowest BCUT2D eigenvalue weighted by atomic mass is 9.45. The van der Waals surface area contributed by atoms with Gasteiger partial charge in [-0.1, -0.05) is 19.9 Å². The van der Waals surface area contributed by atoms with E-state index in [0.29, 0.717) is 17.3 Å². The first kappa shape index (κ1) is 23.6. The largest absolute Gasteiger partial charge is 0.354 e. The van der Waals surface area contributed by atoms with Crippen molar-refractivity contribution in [1.29, 1.82) is 0 Å². The summed E-state index contributed by atoms with van der Waals surface area (Å²) >= 11 is 0. The highest BCUT2D eigenvalue weighted by Gasteiger charge is 2.53. The normalized spacial score (nSPS) is 28.7. The fourth-order valence-electron chi connectivity index (χ4n) is 7.20. The second kappa shape index (κ2) is 9.25. The Morgan fingerprint density at radius 1 is 1.17 bits per heavy atom. The minimum atomic E-state index is -0.317.